The Bertz CT molecular complexity index is 484. The fraction of sp³-hybridized carbons (Fsp3) is 0.333. The van der Waals surface area contributed by atoms with Crippen molar-refractivity contribution in [2.24, 2.45) is 5.92 Å². The summed E-state index contributed by atoms with van der Waals surface area (Å²) in [5.41, 5.74) is 1.43. The number of benzene rings is 1. The predicted octanol–water partition coefficient (Wildman–Crippen LogP) is 1.70. The van der Waals surface area contributed by atoms with Gasteiger partial charge in [-0.1, -0.05) is 26.0 Å². The largest absolute Gasteiger partial charge is 0.394 e. The van der Waals surface area contributed by atoms with E-state index < -0.39 is 0 Å². The Morgan fingerprint density at radius 2 is 2.05 bits per heavy atom. The Morgan fingerprint density at radius 1 is 1.42 bits per heavy atom. The summed E-state index contributed by atoms with van der Waals surface area (Å²) in [5.74, 6) is -0.0608. The summed E-state index contributed by atoms with van der Waals surface area (Å²) in [4.78, 5) is 11.7. The van der Waals surface area contributed by atoms with E-state index in [0.717, 1.165) is 5.56 Å². The average molecular weight is 258 g/mol. The van der Waals surface area contributed by atoms with E-state index in [4.69, 9.17) is 10.4 Å². The first kappa shape index (κ1) is 14.9. The zero-order valence-electron chi connectivity index (χ0n) is 11.1. The third-order valence-electron chi connectivity index (χ3n) is 2.80. The summed E-state index contributed by atoms with van der Waals surface area (Å²) in [7, 11) is 0. The van der Waals surface area contributed by atoms with Gasteiger partial charge in [-0.3, -0.25) is 4.79 Å². The molecule has 0 aliphatic heterocycles. The minimum Gasteiger partial charge on any atom is -0.394 e. The van der Waals surface area contributed by atoms with Gasteiger partial charge in [0.05, 0.1) is 24.3 Å². The Morgan fingerprint density at radius 3 is 2.53 bits per heavy atom. The van der Waals surface area contributed by atoms with Gasteiger partial charge in [0.1, 0.15) is 0 Å². The topological polar surface area (TPSA) is 73.1 Å². The quantitative estimate of drug-likeness (QED) is 0.789. The van der Waals surface area contributed by atoms with E-state index in [1.54, 1.807) is 30.3 Å². The molecule has 1 atom stereocenters. The Kier molecular flexibility index (Phi) is 5.77. The van der Waals surface area contributed by atoms with Gasteiger partial charge in [0, 0.05) is 6.08 Å². The summed E-state index contributed by atoms with van der Waals surface area (Å²) in [5, 5.41) is 20.5. The molecule has 0 spiro atoms. The first-order valence-corrected chi connectivity index (χ1v) is 6.16. The van der Waals surface area contributed by atoms with Crippen molar-refractivity contribution in [3.05, 3.63) is 41.5 Å². The van der Waals surface area contributed by atoms with Crippen molar-refractivity contribution in [2.45, 2.75) is 19.9 Å². The summed E-state index contributed by atoms with van der Waals surface area (Å²) in [6.45, 7) is 3.80. The Balaban J connectivity index is 2.60. The molecule has 0 radical (unpaired) electrons. The molecule has 0 aliphatic carbocycles. The molecule has 1 amide bonds. The molecule has 0 aliphatic rings. The lowest BCUT2D eigenvalue weighted by molar-refractivity contribution is -0.117. The molecule has 19 heavy (non-hydrogen) atoms. The summed E-state index contributed by atoms with van der Waals surface area (Å²) in [6, 6.07) is 8.73. The first-order valence-electron chi connectivity index (χ1n) is 6.16. The van der Waals surface area contributed by atoms with Crippen LogP contribution in [0.1, 0.15) is 25.0 Å². The number of nitrogens with zero attached hydrogens (tertiary/aromatic N) is 1. The van der Waals surface area contributed by atoms with Gasteiger partial charge in [-0.25, -0.2) is 0 Å². The minimum atomic E-state index is -0.239. The number of rotatable bonds is 5. The molecule has 0 saturated carbocycles. The van der Waals surface area contributed by atoms with Crippen LogP contribution in [0.5, 0.6) is 0 Å². The summed E-state index contributed by atoms with van der Waals surface area (Å²) >= 11 is 0. The normalized spacial score (nSPS) is 12.4. The third kappa shape index (κ3) is 4.94. The number of nitriles is 1. The SMILES string of the molecule is CC(C)C(CO)NC(=O)C=Cc1ccc(C#N)cc1. The highest BCUT2D eigenvalue weighted by atomic mass is 16.3. The molecule has 2 N–H and O–H groups in total. The number of amides is 1. The van der Waals surface area contributed by atoms with Crippen LogP contribution in [0, 0.1) is 17.2 Å². The van der Waals surface area contributed by atoms with E-state index in [1.807, 2.05) is 19.9 Å². The zero-order valence-corrected chi connectivity index (χ0v) is 11.1. The standard InChI is InChI=1S/C15H18N2O2/c1-11(2)14(10-18)17-15(19)8-7-12-3-5-13(9-16)6-4-12/h3-8,11,14,18H,10H2,1-2H3,(H,17,19). The molecule has 4 nitrogen and oxygen atoms in total. The molecule has 0 saturated heterocycles. The third-order valence-corrected chi connectivity index (χ3v) is 2.80. The molecular formula is C15H18N2O2. The highest BCUT2D eigenvalue weighted by Crippen LogP contribution is 2.05. The molecule has 1 aromatic rings. The second-order valence-electron chi connectivity index (χ2n) is 4.61. The van der Waals surface area contributed by atoms with Crippen LogP contribution in [0.15, 0.2) is 30.3 Å². The van der Waals surface area contributed by atoms with E-state index >= 15 is 0 Å². The maximum absolute atomic E-state index is 11.7. The van der Waals surface area contributed by atoms with Crippen molar-refractivity contribution in [2.75, 3.05) is 6.61 Å². The number of carbonyl (C=O) groups excluding carboxylic acids is 1. The van der Waals surface area contributed by atoms with Gasteiger partial charge in [0.2, 0.25) is 5.91 Å². The highest BCUT2D eigenvalue weighted by molar-refractivity contribution is 5.91. The van der Waals surface area contributed by atoms with Gasteiger partial charge in [-0.2, -0.15) is 5.26 Å². The number of aliphatic hydroxyl groups excluding tert-OH is 1. The van der Waals surface area contributed by atoms with Gasteiger partial charge < -0.3 is 10.4 Å². The van der Waals surface area contributed by atoms with E-state index in [9.17, 15) is 4.79 Å². The molecule has 0 heterocycles. The van der Waals surface area contributed by atoms with Gasteiger partial charge in [0.25, 0.3) is 0 Å². The van der Waals surface area contributed by atoms with Crippen LogP contribution in [0.2, 0.25) is 0 Å². The second-order valence-corrected chi connectivity index (χ2v) is 4.61. The average Bonchev–Trinajstić information content (AvgIpc) is 2.42. The lowest BCUT2D eigenvalue weighted by Crippen LogP contribution is -2.40. The molecule has 1 aromatic carbocycles. The van der Waals surface area contributed by atoms with Crippen LogP contribution in [0.4, 0.5) is 0 Å². The fourth-order valence-corrected chi connectivity index (χ4v) is 1.49. The Hall–Kier alpha value is -2.12. The van der Waals surface area contributed by atoms with Crippen LogP contribution in [0.3, 0.4) is 0 Å². The highest BCUT2D eigenvalue weighted by Gasteiger charge is 2.13. The van der Waals surface area contributed by atoms with Crippen LogP contribution in [0.25, 0.3) is 6.08 Å². The van der Waals surface area contributed by atoms with Crippen molar-refractivity contribution < 1.29 is 9.90 Å². The number of aliphatic hydroxyl groups is 1. The van der Waals surface area contributed by atoms with Crippen LogP contribution in [-0.2, 0) is 4.79 Å². The van der Waals surface area contributed by atoms with Gasteiger partial charge >= 0.3 is 0 Å². The molecule has 0 aromatic heterocycles. The van der Waals surface area contributed by atoms with Gasteiger partial charge in [-0.05, 0) is 29.7 Å². The summed E-state index contributed by atoms with van der Waals surface area (Å²) in [6.07, 6.45) is 3.09. The number of hydrogen-bond donors (Lipinski definition) is 2. The maximum Gasteiger partial charge on any atom is 0.244 e. The predicted molar refractivity (Wildman–Crippen MR) is 74.0 cm³/mol. The lowest BCUT2D eigenvalue weighted by atomic mass is 10.1. The van der Waals surface area contributed by atoms with Gasteiger partial charge in [-0.15, -0.1) is 0 Å². The number of carbonyl (C=O) groups is 1. The minimum absolute atomic E-state index is 0.0753. The van der Waals surface area contributed by atoms with E-state index in [-0.39, 0.29) is 24.5 Å². The van der Waals surface area contributed by atoms with Crippen molar-refractivity contribution in [1.82, 2.24) is 5.32 Å². The number of nitrogens with one attached hydrogen (secondary N) is 1. The van der Waals surface area contributed by atoms with E-state index in [0.29, 0.717) is 5.56 Å². The van der Waals surface area contributed by atoms with Crippen LogP contribution >= 0.6 is 0 Å². The van der Waals surface area contributed by atoms with Crippen molar-refractivity contribution in [3.8, 4) is 6.07 Å². The fourth-order valence-electron chi connectivity index (χ4n) is 1.49. The van der Waals surface area contributed by atoms with Crippen LogP contribution in [-0.4, -0.2) is 23.7 Å². The maximum atomic E-state index is 11.7. The molecular weight excluding hydrogens is 240 g/mol. The molecule has 0 bridgehead atoms. The molecule has 4 heteroatoms. The second kappa shape index (κ2) is 7.34. The summed E-state index contributed by atoms with van der Waals surface area (Å²) < 4.78 is 0. The molecule has 1 unspecified atom stereocenters. The molecule has 1 rings (SSSR count). The van der Waals surface area contributed by atoms with Crippen molar-refractivity contribution >= 4 is 12.0 Å². The van der Waals surface area contributed by atoms with Crippen molar-refractivity contribution in [3.63, 3.8) is 0 Å². The zero-order chi connectivity index (χ0) is 14.3. The monoisotopic (exact) mass is 258 g/mol. The van der Waals surface area contributed by atoms with E-state index in [2.05, 4.69) is 5.32 Å². The van der Waals surface area contributed by atoms with Gasteiger partial charge in [0.15, 0.2) is 0 Å². The molecule has 0 fully saturated rings. The van der Waals surface area contributed by atoms with E-state index in [1.165, 1.54) is 6.08 Å². The smallest absolute Gasteiger partial charge is 0.244 e. The number of hydrogen-bond acceptors (Lipinski definition) is 3. The Labute approximate surface area is 113 Å². The molecule has 100 valence electrons. The van der Waals surface area contributed by atoms with Crippen molar-refractivity contribution in [1.29, 1.82) is 5.26 Å². The lowest BCUT2D eigenvalue weighted by Gasteiger charge is -2.18. The van der Waals surface area contributed by atoms with Crippen LogP contribution < -0.4 is 5.32 Å². The first-order chi connectivity index (χ1) is 9.06.